The summed E-state index contributed by atoms with van der Waals surface area (Å²) in [5.74, 6) is -4.51. The van der Waals surface area contributed by atoms with Crippen LogP contribution in [0.1, 0.15) is 56.8 Å². The average Bonchev–Trinajstić information content (AvgIpc) is 3.69. The molecule has 4 aromatic heterocycles. The van der Waals surface area contributed by atoms with E-state index in [9.17, 15) is 19.2 Å². The number of halogens is 4. The van der Waals surface area contributed by atoms with Crippen LogP contribution in [-0.4, -0.2) is 110 Å². The van der Waals surface area contributed by atoms with Crippen molar-refractivity contribution in [2.24, 2.45) is 10.2 Å². The molecule has 0 aliphatic rings. The van der Waals surface area contributed by atoms with Gasteiger partial charge in [-0.05, 0) is 125 Å². The summed E-state index contributed by atoms with van der Waals surface area (Å²) in [6, 6.07) is 26.5. The molecule has 4 heterocycles. The fourth-order valence-electron chi connectivity index (χ4n) is 8.50. The molecule has 0 aliphatic heterocycles. The van der Waals surface area contributed by atoms with Crippen LogP contribution in [0.15, 0.2) is 119 Å². The maximum absolute atomic E-state index is 15.3. The van der Waals surface area contributed by atoms with Crippen LogP contribution in [0.2, 0.25) is 0 Å². The zero-order valence-corrected chi connectivity index (χ0v) is 48.3. The summed E-state index contributed by atoms with van der Waals surface area (Å²) in [6.45, 7) is 2.08. The van der Waals surface area contributed by atoms with Gasteiger partial charge in [0.15, 0.2) is 11.6 Å². The van der Waals surface area contributed by atoms with Gasteiger partial charge in [-0.2, -0.15) is 10.2 Å². The first kappa shape index (κ1) is 60.8. The number of benzene rings is 4. The molecule has 0 radical (unpaired) electrons. The maximum atomic E-state index is 15.3. The van der Waals surface area contributed by atoms with E-state index >= 15 is 17.6 Å². The standard InChI is InChI=1S/C58H56F4N12O8S2/c1-9-81-57(77)73(31-37-41(59)13-11-14-42(37)60)55-49(53(75)63-45-25-27-47(79-7)69-67-45)39(29-71(3)4)51(83-55)33-17-21-35(22-18-33)65-66-36-23-19-34(20-24-36)52-40(30-72(5)6)50(54(76)64-46-26-28-48(80-8)70-68-46)56(84-52)74(58(78)82-10-2)32-38-43(61)15-12-16-44(38)62/h11-28H,9-10,29-32H2,1-8H3,(H,63,67,75)(H,64,68,76). The van der Waals surface area contributed by atoms with E-state index in [-0.39, 0.29) is 70.8 Å². The Bertz CT molecular complexity index is 3400. The number of azo groups is 1. The van der Waals surface area contributed by atoms with E-state index in [4.69, 9.17) is 18.9 Å². The number of rotatable bonds is 22. The molecule has 0 saturated carbocycles. The van der Waals surface area contributed by atoms with Crippen LogP contribution in [0.25, 0.3) is 20.9 Å². The Balaban J connectivity index is 1.16. The van der Waals surface area contributed by atoms with Crippen molar-refractivity contribution in [2.45, 2.75) is 40.0 Å². The molecule has 8 aromatic rings. The van der Waals surface area contributed by atoms with E-state index in [0.717, 1.165) is 56.7 Å². The third-order valence-electron chi connectivity index (χ3n) is 12.3. The smallest absolute Gasteiger partial charge is 0.415 e. The molecule has 0 spiro atoms. The minimum atomic E-state index is -0.954. The van der Waals surface area contributed by atoms with Crippen LogP contribution >= 0.6 is 22.7 Å². The lowest BCUT2D eigenvalue weighted by Gasteiger charge is -2.23. The van der Waals surface area contributed by atoms with Gasteiger partial charge >= 0.3 is 12.2 Å². The molecule has 20 nitrogen and oxygen atoms in total. The largest absolute Gasteiger partial charge is 0.480 e. The van der Waals surface area contributed by atoms with Gasteiger partial charge in [0.05, 0.1) is 63.0 Å². The van der Waals surface area contributed by atoms with Gasteiger partial charge in [0.1, 0.15) is 33.3 Å². The second-order valence-corrected chi connectivity index (χ2v) is 20.7. The number of carbonyl (C=O) groups is 4. The zero-order chi connectivity index (χ0) is 60.2. The Morgan fingerprint density at radius 3 is 1.14 bits per heavy atom. The van der Waals surface area contributed by atoms with Crippen LogP contribution in [0.3, 0.4) is 0 Å². The quantitative estimate of drug-likeness (QED) is 0.0476. The third kappa shape index (κ3) is 14.3. The van der Waals surface area contributed by atoms with Gasteiger partial charge in [-0.1, -0.05) is 36.4 Å². The number of nitrogens with zero attached hydrogens (tertiary/aromatic N) is 10. The van der Waals surface area contributed by atoms with Crippen molar-refractivity contribution in [3.8, 4) is 32.6 Å². The number of thiophene rings is 2. The summed E-state index contributed by atoms with van der Waals surface area (Å²) in [4.78, 5) is 63.7. The number of amides is 4. The average molecular weight is 1190 g/mol. The molecular formula is C58H56F4N12O8S2. The first-order valence-electron chi connectivity index (χ1n) is 25.8. The Kier molecular flexibility index (Phi) is 20.1. The second kappa shape index (κ2) is 27.7. The van der Waals surface area contributed by atoms with E-state index in [1.807, 2.05) is 9.80 Å². The number of carbonyl (C=O) groups excluding carboxylic acids is 4. The zero-order valence-electron chi connectivity index (χ0n) is 46.7. The van der Waals surface area contributed by atoms with Crippen LogP contribution in [-0.2, 0) is 35.7 Å². The monoisotopic (exact) mass is 1190 g/mol. The molecule has 436 valence electrons. The van der Waals surface area contributed by atoms with E-state index < -0.39 is 71.5 Å². The molecule has 0 aliphatic carbocycles. The highest BCUT2D eigenvalue weighted by atomic mass is 32.1. The second-order valence-electron chi connectivity index (χ2n) is 18.7. The molecule has 0 bridgehead atoms. The molecule has 0 saturated heterocycles. The van der Waals surface area contributed by atoms with E-state index in [0.29, 0.717) is 43.4 Å². The van der Waals surface area contributed by atoms with Crippen molar-refractivity contribution in [1.82, 2.24) is 30.2 Å². The van der Waals surface area contributed by atoms with Gasteiger partial charge in [0.2, 0.25) is 11.8 Å². The van der Waals surface area contributed by atoms with Crippen LogP contribution in [0.5, 0.6) is 11.8 Å². The highest BCUT2D eigenvalue weighted by molar-refractivity contribution is 7.20. The predicted molar refractivity (Wildman–Crippen MR) is 311 cm³/mol. The van der Waals surface area contributed by atoms with Crippen molar-refractivity contribution in [3.63, 3.8) is 0 Å². The Morgan fingerprint density at radius 2 is 0.845 bits per heavy atom. The SMILES string of the molecule is CCOC(=O)N(Cc1c(F)cccc1F)c1sc(-c2ccc(N=Nc3ccc(-c4sc(N(Cc5c(F)cccc5F)C(=O)OCC)c(C(=O)Nc5ccc(OC)nn5)c4CN(C)C)cc3)cc2)c(CN(C)C)c1C(=O)Nc1ccc(OC)nn1. The van der Waals surface area contributed by atoms with Crippen LogP contribution in [0, 0.1) is 23.3 Å². The minimum absolute atomic E-state index is 0.0168. The summed E-state index contributed by atoms with van der Waals surface area (Å²) in [7, 11) is 10.0. The Labute approximate surface area is 488 Å². The number of methoxy groups -OCH3 is 2. The topological polar surface area (TPSA) is 218 Å². The third-order valence-corrected chi connectivity index (χ3v) is 14.9. The van der Waals surface area contributed by atoms with Gasteiger partial charge in [0, 0.05) is 46.1 Å². The number of nitrogens with one attached hydrogen (secondary N) is 2. The van der Waals surface area contributed by atoms with Gasteiger partial charge in [-0.25, -0.2) is 27.2 Å². The molecule has 0 atom stereocenters. The summed E-state index contributed by atoms with van der Waals surface area (Å²) >= 11 is 2.09. The fourth-order valence-corrected chi connectivity index (χ4v) is 11.1. The Hall–Kier alpha value is -9.24. The van der Waals surface area contributed by atoms with E-state index in [1.54, 1.807) is 90.6 Å². The lowest BCUT2D eigenvalue weighted by atomic mass is 10.0. The first-order valence-corrected chi connectivity index (χ1v) is 27.4. The molecule has 2 N–H and O–H groups in total. The van der Waals surface area contributed by atoms with Gasteiger partial charge in [-0.3, -0.25) is 19.4 Å². The van der Waals surface area contributed by atoms with Crippen molar-refractivity contribution in [2.75, 3.05) is 76.1 Å². The van der Waals surface area contributed by atoms with Crippen molar-refractivity contribution in [1.29, 1.82) is 0 Å². The summed E-state index contributed by atoms with van der Waals surface area (Å²) in [5, 5.41) is 30.5. The summed E-state index contributed by atoms with van der Waals surface area (Å²) in [5.41, 5.74) is 2.16. The van der Waals surface area contributed by atoms with Crippen molar-refractivity contribution >= 4 is 79.7 Å². The minimum Gasteiger partial charge on any atom is -0.480 e. The normalized spacial score (nSPS) is 11.3. The molecule has 26 heteroatoms. The predicted octanol–water partition coefficient (Wildman–Crippen LogP) is 12.7. The van der Waals surface area contributed by atoms with E-state index in [2.05, 4.69) is 41.3 Å². The maximum Gasteiger partial charge on any atom is 0.415 e. The van der Waals surface area contributed by atoms with Gasteiger partial charge < -0.3 is 39.4 Å². The van der Waals surface area contributed by atoms with Crippen molar-refractivity contribution in [3.05, 3.63) is 166 Å². The molecule has 4 aromatic carbocycles. The van der Waals surface area contributed by atoms with Gasteiger partial charge in [0.25, 0.3) is 11.8 Å². The molecule has 0 fully saturated rings. The number of aromatic nitrogens is 4. The summed E-state index contributed by atoms with van der Waals surface area (Å²) < 4.78 is 82.4. The number of ether oxygens (including phenoxy) is 4. The van der Waals surface area contributed by atoms with Crippen LogP contribution in [0.4, 0.5) is 60.2 Å². The molecule has 4 amide bonds. The molecule has 8 rings (SSSR count). The highest BCUT2D eigenvalue weighted by Gasteiger charge is 2.35. The fraction of sp³-hybridized carbons (Fsp3) is 0.241. The lowest BCUT2D eigenvalue weighted by molar-refractivity contribution is 0.101. The Morgan fingerprint density at radius 1 is 0.488 bits per heavy atom. The van der Waals surface area contributed by atoms with E-state index in [1.165, 1.54) is 50.6 Å². The van der Waals surface area contributed by atoms with Crippen LogP contribution < -0.4 is 29.9 Å². The lowest BCUT2D eigenvalue weighted by Crippen LogP contribution is -2.33. The van der Waals surface area contributed by atoms with Crippen molar-refractivity contribution < 1.29 is 55.7 Å². The molecule has 84 heavy (non-hydrogen) atoms. The number of hydrogen-bond acceptors (Lipinski definition) is 18. The first-order chi connectivity index (χ1) is 40.4. The molecular weight excluding hydrogens is 1130 g/mol. The number of anilines is 4. The summed E-state index contributed by atoms with van der Waals surface area (Å²) in [6.07, 6.45) is -1.91. The van der Waals surface area contributed by atoms with Gasteiger partial charge in [-0.15, -0.1) is 43.1 Å². The number of hydrogen-bond donors (Lipinski definition) is 2. The highest BCUT2D eigenvalue weighted by Crippen LogP contribution is 2.47. The molecule has 0 unspecified atom stereocenters.